The molecule has 2 heteroatoms. The molecule has 5 rings (SSSR count). The Kier molecular flexibility index (Phi) is 5.02. The largest absolute Gasteiger partial charge is 0.393 e. The molecule has 10 atom stereocenters. The van der Waals surface area contributed by atoms with Crippen LogP contribution >= 0.6 is 0 Å². The second-order valence-electron chi connectivity index (χ2n) is 14.8. The smallest absolute Gasteiger partial charge is 0.0594 e. The van der Waals surface area contributed by atoms with Gasteiger partial charge in [0.25, 0.3) is 0 Å². The first-order valence-electron chi connectivity index (χ1n) is 13.8. The summed E-state index contributed by atoms with van der Waals surface area (Å²) in [5.74, 6) is 2.92. The Hall–Kier alpha value is -0.340. The highest BCUT2D eigenvalue weighted by Gasteiger charge is 2.70. The van der Waals surface area contributed by atoms with Gasteiger partial charge in [-0.2, -0.15) is 0 Å². The third-order valence-corrected chi connectivity index (χ3v) is 13.2. The number of allylic oxidation sites excluding steroid dienone is 2. The van der Waals surface area contributed by atoms with E-state index in [1.165, 1.54) is 25.7 Å². The third kappa shape index (κ3) is 2.61. The van der Waals surface area contributed by atoms with Crippen LogP contribution in [0.15, 0.2) is 11.6 Å². The molecule has 5 aliphatic carbocycles. The van der Waals surface area contributed by atoms with Gasteiger partial charge in [0.1, 0.15) is 0 Å². The average molecular weight is 443 g/mol. The lowest BCUT2D eigenvalue weighted by molar-refractivity contribution is -0.180. The third-order valence-electron chi connectivity index (χ3n) is 13.2. The molecule has 32 heavy (non-hydrogen) atoms. The number of rotatable bonds is 1. The highest BCUT2D eigenvalue weighted by atomic mass is 16.3. The van der Waals surface area contributed by atoms with Crippen molar-refractivity contribution in [3.63, 3.8) is 0 Å². The summed E-state index contributed by atoms with van der Waals surface area (Å²) in [5.41, 5.74) is 2.67. The summed E-state index contributed by atoms with van der Waals surface area (Å²) >= 11 is 0. The Balaban J connectivity index is 1.58. The standard InChI is InChI=1S/C30H50O2/c1-18(2)21-17-22(31)25-28(21,6)15-16-29(7)20-9-10-23-26(3,4)24(32)12-13-27(23,5)19(20)11-14-30(25,29)8/h11,18,20-25,31-32H,9-10,12-17H2,1-8H3/t20-,21+,22-,23+,24+,25+,27-,28+,29+,30-/m1/s1. The van der Waals surface area contributed by atoms with Gasteiger partial charge in [-0.05, 0) is 108 Å². The first-order chi connectivity index (χ1) is 14.7. The zero-order chi connectivity index (χ0) is 23.5. The van der Waals surface area contributed by atoms with Gasteiger partial charge in [0.15, 0.2) is 0 Å². The van der Waals surface area contributed by atoms with Crippen LogP contribution in [0.2, 0.25) is 0 Å². The van der Waals surface area contributed by atoms with E-state index in [2.05, 4.69) is 61.5 Å². The first kappa shape index (κ1) is 23.4. The Bertz CT molecular complexity index is 812. The molecule has 4 fully saturated rings. The molecule has 0 unspecified atom stereocenters. The molecule has 0 aliphatic heterocycles. The molecule has 5 aliphatic rings. The van der Waals surface area contributed by atoms with Crippen LogP contribution in [-0.2, 0) is 0 Å². The minimum atomic E-state index is -0.167. The van der Waals surface area contributed by atoms with Crippen LogP contribution in [0, 0.1) is 56.7 Å². The van der Waals surface area contributed by atoms with E-state index in [4.69, 9.17) is 0 Å². The number of fused-ring (bicyclic) bond motifs is 7. The molecule has 0 spiro atoms. The number of aliphatic hydroxyl groups is 2. The molecule has 0 aromatic rings. The zero-order valence-corrected chi connectivity index (χ0v) is 22.2. The molecule has 2 nitrogen and oxygen atoms in total. The summed E-state index contributed by atoms with van der Waals surface area (Å²) in [6, 6.07) is 0. The molecule has 0 radical (unpaired) electrons. The van der Waals surface area contributed by atoms with E-state index in [0.29, 0.717) is 29.6 Å². The molecule has 0 heterocycles. The van der Waals surface area contributed by atoms with Crippen molar-refractivity contribution in [3.8, 4) is 0 Å². The van der Waals surface area contributed by atoms with E-state index in [9.17, 15) is 10.2 Å². The lowest BCUT2D eigenvalue weighted by atomic mass is 9.35. The fourth-order valence-corrected chi connectivity index (χ4v) is 11.3. The molecular weight excluding hydrogens is 392 g/mol. The maximum atomic E-state index is 11.5. The lowest BCUT2D eigenvalue weighted by Gasteiger charge is -2.69. The Labute approximate surface area is 197 Å². The van der Waals surface area contributed by atoms with Crippen molar-refractivity contribution in [1.29, 1.82) is 0 Å². The fraction of sp³-hybridized carbons (Fsp3) is 0.933. The second-order valence-corrected chi connectivity index (χ2v) is 14.8. The van der Waals surface area contributed by atoms with Crippen molar-refractivity contribution < 1.29 is 10.2 Å². The molecule has 0 amide bonds. The van der Waals surface area contributed by atoms with Crippen LogP contribution in [-0.4, -0.2) is 22.4 Å². The summed E-state index contributed by atoms with van der Waals surface area (Å²) in [6.45, 7) is 19.7. The molecule has 182 valence electrons. The van der Waals surface area contributed by atoms with Crippen molar-refractivity contribution in [2.24, 2.45) is 56.7 Å². The average Bonchev–Trinajstić information content (AvgIpc) is 2.98. The second kappa shape index (κ2) is 6.87. The van der Waals surface area contributed by atoms with Gasteiger partial charge in [0.05, 0.1) is 12.2 Å². The van der Waals surface area contributed by atoms with Crippen molar-refractivity contribution in [1.82, 2.24) is 0 Å². The lowest BCUT2D eigenvalue weighted by Crippen LogP contribution is -2.63. The molecule has 0 saturated heterocycles. The van der Waals surface area contributed by atoms with Gasteiger partial charge in [-0.15, -0.1) is 0 Å². The SMILES string of the molecule is CC(C)[C@@H]1C[C@@H](O)[C@H]2[C@@]1(C)CC[C@@]1(C)[C@@H]3CC[C@H]4C(C)(C)[C@@H](O)CC[C@]4(C)C3=CC[C@]21C. The Morgan fingerprint density at radius 2 is 1.56 bits per heavy atom. The quantitative estimate of drug-likeness (QED) is 0.429. The van der Waals surface area contributed by atoms with Gasteiger partial charge in [-0.1, -0.05) is 67.0 Å². The highest BCUT2D eigenvalue weighted by Crippen LogP contribution is 2.76. The monoisotopic (exact) mass is 442 g/mol. The Morgan fingerprint density at radius 3 is 2.22 bits per heavy atom. The van der Waals surface area contributed by atoms with E-state index in [1.807, 2.05) is 0 Å². The minimum Gasteiger partial charge on any atom is -0.393 e. The summed E-state index contributed by atoms with van der Waals surface area (Å²) in [5, 5.41) is 22.4. The summed E-state index contributed by atoms with van der Waals surface area (Å²) in [6.07, 6.45) is 11.6. The van der Waals surface area contributed by atoms with Gasteiger partial charge >= 0.3 is 0 Å². The van der Waals surface area contributed by atoms with Crippen molar-refractivity contribution >= 4 is 0 Å². The molecule has 2 N–H and O–H groups in total. The molecular formula is C30H50O2. The maximum Gasteiger partial charge on any atom is 0.0594 e. The molecule has 0 bridgehead atoms. The molecule has 0 aromatic carbocycles. The van der Waals surface area contributed by atoms with E-state index >= 15 is 0 Å². The van der Waals surface area contributed by atoms with Crippen molar-refractivity contribution in [2.75, 3.05) is 0 Å². The van der Waals surface area contributed by atoms with Crippen LogP contribution in [0.4, 0.5) is 0 Å². The van der Waals surface area contributed by atoms with Crippen molar-refractivity contribution in [2.45, 2.75) is 119 Å². The number of hydrogen-bond donors (Lipinski definition) is 2. The van der Waals surface area contributed by atoms with Crippen LogP contribution < -0.4 is 0 Å². The zero-order valence-electron chi connectivity index (χ0n) is 22.2. The normalized spacial score (nSPS) is 56.7. The van der Waals surface area contributed by atoms with Crippen LogP contribution in [0.1, 0.15) is 107 Å². The van der Waals surface area contributed by atoms with Gasteiger partial charge in [-0.25, -0.2) is 0 Å². The summed E-state index contributed by atoms with van der Waals surface area (Å²) < 4.78 is 0. The van der Waals surface area contributed by atoms with Crippen LogP contribution in [0.25, 0.3) is 0 Å². The van der Waals surface area contributed by atoms with E-state index < -0.39 is 0 Å². The topological polar surface area (TPSA) is 40.5 Å². The molecule has 0 aromatic heterocycles. The van der Waals surface area contributed by atoms with Gasteiger partial charge in [0.2, 0.25) is 0 Å². The summed E-state index contributed by atoms with van der Waals surface area (Å²) in [7, 11) is 0. The summed E-state index contributed by atoms with van der Waals surface area (Å²) in [4.78, 5) is 0. The number of hydrogen-bond acceptors (Lipinski definition) is 2. The predicted molar refractivity (Wildman–Crippen MR) is 132 cm³/mol. The highest BCUT2D eigenvalue weighted by molar-refractivity contribution is 5.33. The fourth-order valence-electron chi connectivity index (χ4n) is 11.3. The number of aliphatic hydroxyl groups excluding tert-OH is 2. The predicted octanol–water partition coefficient (Wildman–Crippen LogP) is 7.00. The minimum absolute atomic E-state index is 0.00225. The Morgan fingerprint density at radius 1 is 0.875 bits per heavy atom. The van der Waals surface area contributed by atoms with E-state index in [1.54, 1.807) is 5.57 Å². The van der Waals surface area contributed by atoms with Gasteiger partial charge in [0, 0.05) is 0 Å². The van der Waals surface area contributed by atoms with Crippen LogP contribution in [0.5, 0.6) is 0 Å². The van der Waals surface area contributed by atoms with Crippen molar-refractivity contribution in [3.05, 3.63) is 11.6 Å². The van der Waals surface area contributed by atoms with Gasteiger partial charge < -0.3 is 10.2 Å². The molecule has 4 saturated carbocycles. The van der Waals surface area contributed by atoms with Gasteiger partial charge in [-0.3, -0.25) is 0 Å². The van der Waals surface area contributed by atoms with Crippen LogP contribution in [0.3, 0.4) is 0 Å². The maximum absolute atomic E-state index is 11.5. The first-order valence-corrected chi connectivity index (χ1v) is 13.8. The van der Waals surface area contributed by atoms with E-state index in [-0.39, 0.29) is 39.3 Å². The van der Waals surface area contributed by atoms with E-state index in [0.717, 1.165) is 25.7 Å².